The second-order valence-corrected chi connectivity index (χ2v) is 3.82. The standard InChI is InChI=1S/C12H14N2O3/c1-3-17-12(16)13-9-4-5-10-8(6-9)7-11(15)14(10)2/h4-6H,3,7H2,1-2H3,(H,13,16). The lowest BCUT2D eigenvalue weighted by Gasteiger charge is -2.11. The number of nitrogens with one attached hydrogen (secondary N) is 1. The van der Waals surface area contributed by atoms with E-state index in [0.717, 1.165) is 11.3 Å². The minimum absolute atomic E-state index is 0.0632. The Kier molecular flexibility index (Phi) is 2.99. The molecule has 1 heterocycles. The molecule has 1 aromatic carbocycles. The van der Waals surface area contributed by atoms with Crippen LogP contribution in [0.25, 0.3) is 0 Å². The second-order valence-electron chi connectivity index (χ2n) is 3.82. The van der Waals surface area contributed by atoms with Crippen molar-refractivity contribution >= 4 is 23.4 Å². The highest BCUT2D eigenvalue weighted by molar-refractivity contribution is 6.01. The number of benzene rings is 1. The van der Waals surface area contributed by atoms with Crippen LogP contribution in [0.4, 0.5) is 16.2 Å². The molecule has 0 radical (unpaired) electrons. The van der Waals surface area contributed by atoms with E-state index in [1.807, 2.05) is 6.07 Å². The zero-order valence-corrected chi connectivity index (χ0v) is 9.82. The van der Waals surface area contributed by atoms with E-state index in [2.05, 4.69) is 5.32 Å². The molecule has 0 saturated carbocycles. The Balaban J connectivity index is 2.16. The molecule has 0 bridgehead atoms. The zero-order valence-electron chi connectivity index (χ0n) is 9.82. The summed E-state index contributed by atoms with van der Waals surface area (Å²) in [6.07, 6.45) is -0.102. The van der Waals surface area contributed by atoms with Gasteiger partial charge in [-0.15, -0.1) is 0 Å². The summed E-state index contributed by atoms with van der Waals surface area (Å²) in [5.74, 6) is 0.0632. The maximum absolute atomic E-state index is 11.5. The monoisotopic (exact) mass is 234 g/mol. The van der Waals surface area contributed by atoms with Crippen LogP contribution in [0.15, 0.2) is 18.2 Å². The number of fused-ring (bicyclic) bond motifs is 1. The molecule has 17 heavy (non-hydrogen) atoms. The van der Waals surface area contributed by atoms with E-state index in [-0.39, 0.29) is 5.91 Å². The van der Waals surface area contributed by atoms with Gasteiger partial charge in [0.05, 0.1) is 13.0 Å². The average Bonchev–Trinajstić information content (AvgIpc) is 2.55. The number of likely N-dealkylation sites (N-methyl/N-ethyl adjacent to an activating group) is 1. The highest BCUT2D eigenvalue weighted by atomic mass is 16.5. The number of carbonyl (C=O) groups is 2. The van der Waals surface area contributed by atoms with Gasteiger partial charge >= 0.3 is 6.09 Å². The van der Waals surface area contributed by atoms with Crippen LogP contribution >= 0.6 is 0 Å². The maximum atomic E-state index is 11.5. The van der Waals surface area contributed by atoms with Gasteiger partial charge in [0.2, 0.25) is 5.91 Å². The fraction of sp³-hybridized carbons (Fsp3) is 0.333. The first kappa shape index (κ1) is 11.4. The normalized spacial score (nSPS) is 13.5. The van der Waals surface area contributed by atoms with Crippen molar-refractivity contribution in [2.24, 2.45) is 0 Å². The summed E-state index contributed by atoms with van der Waals surface area (Å²) >= 11 is 0. The third-order valence-electron chi connectivity index (χ3n) is 2.68. The van der Waals surface area contributed by atoms with Gasteiger partial charge in [-0.2, -0.15) is 0 Å². The molecular weight excluding hydrogens is 220 g/mol. The van der Waals surface area contributed by atoms with Crippen LogP contribution in [-0.4, -0.2) is 25.7 Å². The SMILES string of the molecule is CCOC(=O)Nc1ccc2c(c1)CC(=O)N2C. The first-order valence-electron chi connectivity index (χ1n) is 5.45. The van der Waals surface area contributed by atoms with Crippen molar-refractivity contribution in [1.82, 2.24) is 0 Å². The molecule has 0 aromatic heterocycles. The van der Waals surface area contributed by atoms with Crippen LogP contribution < -0.4 is 10.2 Å². The van der Waals surface area contributed by atoms with E-state index >= 15 is 0 Å². The van der Waals surface area contributed by atoms with Crippen LogP contribution in [0.2, 0.25) is 0 Å². The summed E-state index contributed by atoms with van der Waals surface area (Å²) in [6.45, 7) is 2.08. The smallest absolute Gasteiger partial charge is 0.411 e. The van der Waals surface area contributed by atoms with Crippen molar-refractivity contribution in [2.45, 2.75) is 13.3 Å². The third-order valence-corrected chi connectivity index (χ3v) is 2.68. The molecule has 2 rings (SSSR count). The molecule has 1 aromatic rings. The summed E-state index contributed by atoms with van der Waals surface area (Å²) in [5, 5.41) is 2.61. The van der Waals surface area contributed by atoms with Crippen molar-refractivity contribution in [3.63, 3.8) is 0 Å². The fourth-order valence-electron chi connectivity index (χ4n) is 1.83. The van der Waals surface area contributed by atoms with Crippen LogP contribution in [0.1, 0.15) is 12.5 Å². The van der Waals surface area contributed by atoms with Crippen molar-refractivity contribution in [3.8, 4) is 0 Å². The van der Waals surface area contributed by atoms with Crippen molar-refractivity contribution in [2.75, 3.05) is 23.9 Å². The minimum atomic E-state index is -0.481. The number of hydrogen-bond donors (Lipinski definition) is 1. The Morgan fingerprint density at radius 1 is 1.53 bits per heavy atom. The zero-order chi connectivity index (χ0) is 12.4. The van der Waals surface area contributed by atoms with Crippen LogP contribution in [0.5, 0.6) is 0 Å². The number of carbonyl (C=O) groups excluding carboxylic acids is 2. The molecule has 0 fully saturated rings. The molecule has 1 aliphatic rings. The fourth-order valence-corrected chi connectivity index (χ4v) is 1.83. The molecule has 2 amide bonds. The topological polar surface area (TPSA) is 58.6 Å². The van der Waals surface area contributed by atoms with Crippen LogP contribution in [-0.2, 0) is 16.0 Å². The summed E-state index contributed by atoms with van der Waals surface area (Å²) in [6, 6.07) is 5.38. The van der Waals surface area contributed by atoms with E-state index in [1.54, 1.807) is 31.0 Å². The Hall–Kier alpha value is -2.04. The number of nitrogens with zero attached hydrogens (tertiary/aromatic N) is 1. The number of amides is 2. The molecular formula is C12H14N2O3. The molecule has 0 saturated heterocycles. The molecule has 0 aliphatic carbocycles. The highest BCUT2D eigenvalue weighted by Gasteiger charge is 2.23. The van der Waals surface area contributed by atoms with Gasteiger partial charge in [-0.25, -0.2) is 4.79 Å². The Labute approximate surface area is 99.4 Å². The van der Waals surface area contributed by atoms with Gasteiger partial charge in [0.15, 0.2) is 0 Å². The Morgan fingerprint density at radius 3 is 3.00 bits per heavy atom. The lowest BCUT2D eigenvalue weighted by Crippen LogP contribution is -2.20. The maximum Gasteiger partial charge on any atom is 0.411 e. The first-order valence-corrected chi connectivity index (χ1v) is 5.45. The van der Waals surface area contributed by atoms with Gasteiger partial charge in [-0.1, -0.05) is 0 Å². The largest absolute Gasteiger partial charge is 0.450 e. The molecule has 5 nitrogen and oxygen atoms in total. The van der Waals surface area contributed by atoms with Crippen molar-refractivity contribution in [1.29, 1.82) is 0 Å². The van der Waals surface area contributed by atoms with E-state index in [0.29, 0.717) is 18.7 Å². The molecule has 1 aliphatic heterocycles. The van der Waals surface area contributed by atoms with Gasteiger partial charge in [-0.05, 0) is 30.7 Å². The second kappa shape index (κ2) is 4.45. The number of hydrogen-bond acceptors (Lipinski definition) is 3. The molecule has 1 N–H and O–H groups in total. The molecule has 0 spiro atoms. The molecule has 0 unspecified atom stereocenters. The number of rotatable bonds is 2. The van der Waals surface area contributed by atoms with Crippen molar-refractivity contribution < 1.29 is 14.3 Å². The lowest BCUT2D eigenvalue weighted by molar-refractivity contribution is -0.117. The molecule has 5 heteroatoms. The number of anilines is 2. The van der Waals surface area contributed by atoms with E-state index in [4.69, 9.17) is 4.74 Å². The minimum Gasteiger partial charge on any atom is -0.450 e. The van der Waals surface area contributed by atoms with Gasteiger partial charge in [-0.3, -0.25) is 10.1 Å². The van der Waals surface area contributed by atoms with Gasteiger partial charge < -0.3 is 9.64 Å². The highest BCUT2D eigenvalue weighted by Crippen LogP contribution is 2.29. The van der Waals surface area contributed by atoms with Crippen LogP contribution in [0.3, 0.4) is 0 Å². The molecule has 0 atom stereocenters. The van der Waals surface area contributed by atoms with Crippen molar-refractivity contribution in [3.05, 3.63) is 23.8 Å². The van der Waals surface area contributed by atoms with Crippen LogP contribution in [0, 0.1) is 0 Å². The Morgan fingerprint density at radius 2 is 2.29 bits per heavy atom. The molecule has 90 valence electrons. The predicted molar refractivity (Wildman–Crippen MR) is 64.2 cm³/mol. The van der Waals surface area contributed by atoms with E-state index < -0.39 is 6.09 Å². The lowest BCUT2D eigenvalue weighted by atomic mass is 10.1. The predicted octanol–water partition coefficient (Wildman–Crippen LogP) is 1.77. The average molecular weight is 234 g/mol. The van der Waals surface area contributed by atoms with Gasteiger partial charge in [0.25, 0.3) is 0 Å². The summed E-state index contributed by atoms with van der Waals surface area (Å²) < 4.78 is 4.78. The first-order chi connectivity index (χ1) is 8.11. The quantitative estimate of drug-likeness (QED) is 0.848. The number of ether oxygens (including phenoxy) is 1. The van der Waals surface area contributed by atoms with E-state index in [9.17, 15) is 9.59 Å². The van der Waals surface area contributed by atoms with E-state index in [1.165, 1.54) is 0 Å². The summed E-state index contributed by atoms with van der Waals surface area (Å²) in [5.41, 5.74) is 2.46. The third kappa shape index (κ3) is 2.22. The summed E-state index contributed by atoms with van der Waals surface area (Å²) in [7, 11) is 1.74. The van der Waals surface area contributed by atoms with Gasteiger partial charge in [0, 0.05) is 18.4 Å². The van der Waals surface area contributed by atoms with Gasteiger partial charge in [0.1, 0.15) is 0 Å². The summed E-state index contributed by atoms with van der Waals surface area (Å²) in [4.78, 5) is 24.3. The Bertz CT molecular complexity index is 471.